The van der Waals surface area contributed by atoms with Crippen LogP contribution in [0, 0.1) is 5.92 Å². The van der Waals surface area contributed by atoms with Crippen LogP contribution in [0.2, 0.25) is 0 Å². The second-order valence-electron chi connectivity index (χ2n) is 5.46. The van der Waals surface area contributed by atoms with Gasteiger partial charge in [0, 0.05) is 31.9 Å². The van der Waals surface area contributed by atoms with Gasteiger partial charge in [0.25, 0.3) is 0 Å². The van der Waals surface area contributed by atoms with Crippen molar-refractivity contribution in [3.05, 3.63) is 18.1 Å². The largest absolute Gasteiger partial charge is 0.355 e. The average molecular weight is 248 g/mol. The van der Waals surface area contributed by atoms with E-state index in [2.05, 4.69) is 36.0 Å². The molecule has 1 aliphatic rings. The van der Waals surface area contributed by atoms with Crippen LogP contribution in [0.15, 0.2) is 12.4 Å². The molecule has 0 bridgehead atoms. The quantitative estimate of drug-likeness (QED) is 0.803. The number of nitrogens with zero attached hydrogens (tertiary/aromatic N) is 3. The molecule has 100 valence electrons. The van der Waals surface area contributed by atoms with E-state index in [-0.39, 0.29) is 0 Å². The number of hydrogen-bond acceptors (Lipinski definition) is 4. The lowest BCUT2D eigenvalue weighted by Crippen LogP contribution is -2.28. The molecule has 0 aliphatic heterocycles. The van der Waals surface area contributed by atoms with Crippen LogP contribution in [0.3, 0.4) is 0 Å². The third-order valence-electron chi connectivity index (χ3n) is 3.11. The number of anilines is 1. The summed E-state index contributed by atoms with van der Waals surface area (Å²) in [5.41, 5.74) is 1.04. The summed E-state index contributed by atoms with van der Waals surface area (Å²) in [7, 11) is 0. The molecule has 1 aromatic rings. The third kappa shape index (κ3) is 3.95. The molecule has 0 unspecified atom stereocenters. The highest BCUT2D eigenvalue weighted by atomic mass is 15.2. The fourth-order valence-corrected chi connectivity index (χ4v) is 1.99. The molecule has 0 saturated heterocycles. The fourth-order valence-electron chi connectivity index (χ4n) is 1.99. The summed E-state index contributed by atoms with van der Waals surface area (Å²) in [4.78, 5) is 11.3. The molecule has 0 radical (unpaired) electrons. The van der Waals surface area contributed by atoms with Crippen molar-refractivity contribution < 1.29 is 0 Å². The Morgan fingerprint density at radius 1 is 1.39 bits per heavy atom. The standard InChI is InChI=1S/C14H24N4/c1-4-18(10-11(2)3)14-9-15-7-13(17-14)8-16-12-5-6-12/h7,9,11-12,16H,4-6,8,10H2,1-3H3. The van der Waals surface area contributed by atoms with Crippen molar-refractivity contribution in [2.45, 2.75) is 46.2 Å². The minimum absolute atomic E-state index is 0.639. The highest BCUT2D eigenvalue weighted by molar-refractivity contribution is 5.36. The van der Waals surface area contributed by atoms with Crippen LogP contribution in [0.25, 0.3) is 0 Å². The Kier molecular flexibility index (Phi) is 4.53. The van der Waals surface area contributed by atoms with Crippen LogP contribution in [0.1, 0.15) is 39.3 Å². The first-order chi connectivity index (χ1) is 8.69. The lowest BCUT2D eigenvalue weighted by atomic mass is 10.2. The zero-order valence-electron chi connectivity index (χ0n) is 11.7. The van der Waals surface area contributed by atoms with Gasteiger partial charge in [0.1, 0.15) is 5.82 Å². The molecule has 0 aromatic carbocycles. The summed E-state index contributed by atoms with van der Waals surface area (Å²) in [5, 5.41) is 3.48. The SMILES string of the molecule is CCN(CC(C)C)c1cncc(CNC2CC2)n1. The Labute approximate surface area is 110 Å². The van der Waals surface area contributed by atoms with Crippen LogP contribution in [-0.4, -0.2) is 29.1 Å². The van der Waals surface area contributed by atoms with Crippen molar-refractivity contribution in [2.75, 3.05) is 18.0 Å². The lowest BCUT2D eigenvalue weighted by Gasteiger charge is -2.23. The van der Waals surface area contributed by atoms with E-state index >= 15 is 0 Å². The summed E-state index contributed by atoms with van der Waals surface area (Å²) in [5.74, 6) is 1.64. The van der Waals surface area contributed by atoms with Gasteiger partial charge in [-0.05, 0) is 25.7 Å². The third-order valence-corrected chi connectivity index (χ3v) is 3.11. The van der Waals surface area contributed by atoms with Crippen LogP contribution in [-0.2, 0) is 6.54 Å². The van der Waals surface area contributed by atoms with Gasteiger partial charge < -0.3 is 10.2 Å². The van der Waals surface area contributed by atoms with Gasteiger partial charge in [0.05, 0.1) is 11.9 Å². The van der Waals surface area contributed by atoms with Gasteiger partial charge in [-0.25, -0.2) is 4.98 Å². The Morgan fingerprint density at radius 2 is 2.17 bits per heavy atom. The zero-order chi connectivity index (χ0) is 13.0. The van der Waals surface area contributed by atoms with E-state index in [1.807, 2.05) is 12.4 Å². The van der Waals surface area contributed by atoms with Crippen molar-refractivity contribution in [2.24, 2.45) is 5.92 Å². The van der Waals surface area contributed by atoms with E-state index in [1.54, 1.807) is 0 Å². The summed E-state index contributed by atoms with van der Waals surface area (Å²) < 4.78 is 0. The molecule has 2 rings (SSSR count). The molecule has 1 fully saturated rings. The van der Waals surface area contributed by atoms with Gasteiger partial charge in [-0.2, -0.15) is 0 Å². The van der Waals surface area contributed by atoms with E-state index in [9.17, 15) is 0 Å². The Balaban J connectivity index is 1.99. The summed E-state index contributed by atoms with van der Waals surface area (Å²) in [6.45, 7) is 9.48. The Bertz CT molecular complexity index is 374. The molecule has 1 N–H and O–H groups in total. The molecule has 1 heterocycles. The first-order valence-electron chi connectivity index (χ1n) is 6.98. The van der Waals surface area contributed by atoms with Crippen LogP contribution in [0.4, 0.5) is 5.82 Å². The Hall–Kier alpha value is -1.16. The van der Waals surface area contributed by atoms with Crippen molar-refractivity contribution >= 4 is 5.82 Å². The van der Waals surface area contributed by atoms with E-state index in [0.29, 0.717) is 12.0 Å². The maximum absolute atomic E-state index is 4.70. The van der Waals surface area contributed by atoms with E-state index in [0.717, 1.165) is 31.1 Å². The van der Waals surface area contributed by atoms with Crippen molar-refractivity contribution in [3.8, 4) is 0 Å². The minimum atomic E-state index is 0.639. The minimum Gasteiger partial charge on any atom is -0.355 e. The van der Waals surface area contributed by atoms with Crippen molar-refractivity contribution in [3.63, 3.8) is 0 Å². The van der Waals surface area contributed by atoms with Crippen molar-refractivity contribution in [1.29, 1.82) is 0 Å². The number of nitrogens with one attached hydrogen (secondary N) is 1. The molecule has 0 atom stereocenters. The lowest BCUT2D eigenvalue weighted by molar-refractivity contribution is 0.610. The van der Waals surface area contributed by atoms with Crippen molar-refractivity contribution in [1.82, 2.24) is 15.3 Å². The number of rotatable bonds is 7. The smallest absolute Gasteiger partial charge is 0.147 e. The van der Waals surface area contributed by atoms with Crippen LogP contribution < -0.4 is 10.2 Å². The molecule has 1 aromatic heterocycles. The highest BCUT2D eigenvalue weighted by Crippen LogP contribution is 2.19. The summed E-state index contributed by atoms with van der Waals surface area (Å²) >= 11 is 0. The van der Waals surface area contributed by atoms with Gasteiger partial charge in [-0.1, -0.05) is 13.8 Å². The van der Waals surface area contributed by atoms with E-state index in [1.165, 1.54) is 12.8 Å². The molecule has 4 heteroatoms. The molecule has 0 amide bonds. The van der Waals surface area contributed by atoms with Gasteiger partial charge in [-0.15, -0.1) is 0 Å². The van der Waals surface area contributed by atoms with Gasteiger partial charge in [-0.3, -0.25) is 4.98 Å². The first-order valence-corrected chi connectivity index (χ1v) is 6.98. The number of aromatic nitrogens is 2. The molecular weight excluding hydrogens is 224 g/mol. The monoisotopic (exact) mass is 248 g/mol. The van der Waals surface area contributed by atoms with Crippen LogP contribution >= 0.6 is 0 Å². The molecule has 18 heavy (non-hydrogen) atoms. The number of hydrogen-bond donors (Lipinski definition) is 1. The average Bonchev–Trinajstić information content (AvgIpc) is 3.17. The Morgan fingerprint density at radius 3 is 2.78 bits per heavy atom. The van der Waals surface area contributed by atoms with Gasteiger partial charge in [0.2, 0.25) is 0 Å². The zero-order valence-corrected chi connectivity index (χ0v) is 11.7. The van der Waals surface area contributed by atoms with Gasteiger partial charge in [0.15, 0.2) is 0 Å². The predicted molar refractivity (Wildman–Crippen MR) is 74.6 cm³/mol. The fraction of sp³-hybridized carbons (Fsp3) is 0.714. The topological polar surface area (TPSA) is 41.1 Å². The molecule has 1 saturated carbocycles. The summed E-state index contributed by atoms with van der Waals surface area (Å²) in [6.07, 6.45) is 6.34. The maximum atomic E-state index is 4.70. The molecule has 4 nitrogen and oxygen atoms in total. The van der Waals surface area contributed by atoms with E-state index < -0.39 is 0 Å². The highest BCUT2D eigenvalue weighted by Gasteiger charge is 2.20. The molecule has 1 aliphatic carbocycles. The summed E-state index contributed by atoms with van der Waals surface area (Å²) in [6, 6.07) is 0.716. The normalized spacial score (nSPS) is 15.1. The van der Waals surface area contributed by atoms with Crippen LogP contribution in [0.5, 0.6) is 0 Å². The second kappa shape index (κ2) is 6.14. The van der Waals surface area contributed by atoms with E-state index in [4.69, 9.17) is 4.98 Å². The van der Waals surface area contributed by atoms with Gasteiger partial charge >= 0.3 is 0 Å². The molecule has 0 spiro atoms. The first kappa shape index (κ1) is 13.3. The maximum Gasteiger partial charge on any atom is 0.147 e. The molecular formula is C14H24N4. The predicted octanol–water partition coefficient (Wildman–Crippen LogP) is 2.21. The second-order valence-corrected chi connectivity index (χ2v) is 5.46.